The van der Waals surface area contributed by atoms with Gasteiger partial charge in [0.15, 0.2) is 34.2 Å². The molecule has 13 heterocycles. The van der Waals surface area contributed by atoms with Crippen molar-refractivity contribution in [3.05, 3.63) is 313 Å². The Morgan fingerprint density at radius 1 is 0.292 bits per heavy atom. The summed E-state index contributed by atoms with van der Waals surface area (Å²) in [5.41, 5.74) is 44.2. The molecular weight excluding hydrogens is 1750 g/mol. The summed E-state index contributed by atoms with van der Waals surface area (Å²) in [7, 11) is 8.83. The van der Waals surface area contributed by atoms with Crippen molar-refractivity contribution in [3.63, 3.8) is 0 Å². The monoisotopic (exact) mass is 1910 g/mol. The lowest BCUT2D eigenvalue weighted by atomic mass is 9.60. The van der Waals surface area contributed by atoms with Gasteiger partial charge in [-0.3, -0.25) is 9.97 Å². The van der Waals surface area contributed by atoms with Gasteiger partial charge in [-0.1, -0.05) is 281 Å². The minimum absolute atomic E-state index is 0.0736. The van der Waals surface area contributed by atoms with E-state index in [-0.39, 0.29) is 32.5 Å². The zero-order valence-corrected chi connectivity index (χ0v) is 92.3. The molecule has 0 radical (unpaired) electrons. The van der Waals surface area contributed by atoms with E-state index in [0.29, 0.717) is 46.6 Å². The molecule has 20 aromatic rings. The maximum absolute atomic E-state index is 8.57. The highest BCUT2D eigenvalue weighted by atomic mass is 15.3. The molecule has 0 N–H and O–H groups in total. The molecule has 0 amide bonds. The van der Waals surface area contributed by atoms with E-state index in [2.05, 4.69) is 445 Å². The number of aryl methyl sites for hydroxylation is 11. The maximum Gasteiger partial charge on any atom is 0.375 e. The lowest BCUT2D eigenvalue weighted by molar-refractivity contribution is -0.632. The molecule has 740 valence electrons. The van der Waals surface area contributed by atoms with Gasteiger partial charge in [-0.15, -0.1) is 0 Å². The fraction of sp³-hybridized carbons (Fsp3) is 0.398. The van der Waals surface area contributed by atoms with Gasteiger partial charge in [0.1, 0.15) is 44.3 Å². The largest absolute Gasteiger partial charge is 0.375 e. The van der Waals surface area contributed by atoms with Crippen molar-refractivity contribution in [1.82, 2.24) is 32.1 Å². The van der Waals surface area contributed by atoms with Gasteiger partial charge in [0.25, 0.3) is 16.9 Å². The molecule has 0 unspecified atom stereocenters. The average Bonchev–Trinajstić information content (AvgIpc) is 1.48. The van der Waals surface area contributed by atoms with Crippen molar-refractivity contribution >= 4 is 110 Å². The Kier molecular flexibility index (Phi) is 22.4. The van der Waals surface area contributed by atoms with Gasteiger partial charge in [-0.05, 0) is 274 Å². The normalized spacial score (nSPS) is 16.0. The number of aromatic nitrogens is 11. The molecule has 0 atom stereocenters. The SMILES string of the molecule is Cc1ccc2c3c1c1nccc(C)c1c1n3c(c(-c3cc(CC(C)C)cc(CC(C)C)c3)[n+]1C)C(C)(C)C2(C)C.Cc1ccccc1-n1c2ccccc2n2c3ccccc3[n+](C)c12.[2H]C([2H])([2H])c1ccc2c3c1c1cccc(C)c1c1n3c(c(-c3cc(CC(C)C)cc(CC(C)C)c3)[n+]1C)C(C)(C)C2(C)C.[2H]C([2H])([2H])c1ccc2c3c1c1nccc(C)c1c1n3c(c(-c3cc(CC(C)C)cc(CC(C)C)c3)[n+]1C)C(C)(C)C2(C)C. The summed E-state index contributed by atoms with van der Waals surface area (Å²) in [6.07, 6.45) is 10.1. The van der Waals surface area contributed by atoms with Crippen molar-refractivity contribution in [1.29, 1.82) is 0 Å². The van der Waals surface area contributed by atoms with Crippen molar-refractivity contribution in [2.24, 2.45) is 63.7 Å². The Morgan fingerprint density at radius 3 is 1.00 bits per heavy atom. The van der Waals surface area contributed by atoms with E-state index in [1.807, 2.05) is 30.6 Å². The van der Waals surface area contributed by atoms with Crippen LogP contribution >= 0.6 is 0 Å². The minimum atomic E-state index is -2.27. The number of pyridine rings is 5. The molecule has 10 aromatic carbocycles. The average molecular weight is 1920 g/mol. The van der Waals surface area contributed by atoms with Crippen LogP contribution in [-0.2, 0) is 99.2 Å². The highest BCUT2D eigenvalue weighted by Gasteiger charge is 2.57. The van der Waals surface area contributed by atoms with E-state index < -0.39 is 13.7 Å². The van der Waals surface area contributed by atoms with Crippen LogP contribution in [0.2, 0.25) is 0 Å². The van der Waals surface area contributed by atoms with Crippen LogP contribution in [0, 0.1) is 83.8 Å². The highest BCUT2D eigenvalue weighted by Crippen LogP contribution is 2.59. The van der Waals surface area contributed by atoms with E-state index in [1.54, 1.807) is 0 Å². The molecule has 23 rings (SSSR count). The molecule has 0 aliphatic carbocycles. The number of hydrogen-bond acceptors (Lipinski definition) is 2. The zero-order valence-electron chi connectivity index (χ0n) is 98.3. The second-order valence-electron chi connectivity index (χ2n) is 49.1. The summed E-state index contributed by atoms with van der Waals surface area (Å²) >= 11 is 0. The quantitative estimate of drug-likeness (QED) is 0.0715. The van der Waals surface area contributed by atoms with Gasteiger partial charge in [0.05, 0.1) is 66.2 Å². The third kappa shape index (κ3) is 15.1. The summed E-state index contributed by atoms with van der Waals surface area (Å²) in [6, 6.07) is 70.8. The molecule has 0 saturated carbocycles. The van der Waals surface area contributed by atoms with Crippen LogP contribution in [-0.4, -0.2) is 32.1 Å². The minimum Gasteiger partial charge on any atom is -0.255 e. The molecule has 11 heteroatoms. The molecule has 11 nitrogen and oxygen atoms in total. The number of hydrogen-bond donors (Lipinski definition) is 0. The van der Waals surface area contributed by atoms with Crippen molar-refractivity contribution in [2.75, 3.05) is 0 Å². The number of imidazole rings is 5. The van der Waals surface area contributed by atoms with E-state index in [9.17, 15) is 0 Å². The van der Waals surface area contributed by atoms with E-state index in [0.717, 1.165) is 110 Å². The van der Waals surface area contributed by atoms with Gasteiger partial charge in [-0.2, -0.15) is 22.2 Å². The van der Waals surface area contributed by atoms with Crippen LogP contribution < -0.4 is 18.3 Å². The third-order valence-electron chi connectivity index (χ3n) is 34.6. The Balaban J connectivity index is 0.000000123. The van der Waals surface area contributed by atoms with Crippen molar-refractivity contribution in [2.45, 2.75) is 286 Å². The first-order valence-corrected chi connectivity index (χ1v) is 53.3. The van der Waals surface area contributed by atoms with Gasteiger partial charge < -0.3 is 0 Å². The number of rotatable bonds is 16. The second kappa shape index (κ2) is 35.4. The first-order chi connectivity index (χ1) is 70.4. The van der Waals surface area contributed by atoms with Crippen LogP contribution in [0.4, 0.5) is 0 Å². The summed E-state index contributed by atoms with van der Waals surface area (Å²) in [5.74, 6) is 4.64. The highest BCUT2D eigenvalue weighted by molar-refractivity contribution is 6.17. The lowest BCUT2D eigenvalue weighted by Crippen LogP contribution is -2.44. The molecule has 0 bridgehead atoms. The number of fused-ring (bicyclic) bond motifs is 14. The second-order valence-corrected chi connectivity index (χ2v) is 49.1. The fourth-order valence-corrected chi connectivity index (χ4v) is 26.1. The molecule has 10 aromatic heterocycles. The van der Waals surface area contributed by atoms with Crippen LogP contribution in [0.3, 0.4) is 0 Å². The summed E-state index contributed by atoms with van der Waals surface area (Å²) < 4.78 is 73.1. The standard InChI is InChI=1S/C38H47N2.2C37H46N3.C21H18N3/c1-22(2)17-26-19-27(18-23(3)4)21-28(20-26)33-35-38(9,10)37(7,8)30-16-15-25(6)31-29-14-12-13-24(5)32(29)36(39(33)11)40(35)34(30)31;2*1-21(2)16-25-18-26(17-22(3)4)20-27(19-25)32-34-37(9,10)36(7,8)28-13-12-23(5)29-31-30(24(6)14-15-38-31)35(39(32)11)40(34)33(28)29;1-15-9-3-4-10-16(15)23-19-13-7-8-14-20(19)24-18-12-6-5-11-17(18)22(2)21(23)24/h12-16,19-23H,17-18H2,1-11H3;2*12-15,18-22H,16-17H2,1-11H3;3-14H,1-2H3/q4*+1/i6D3;5D3;;. The smallest absolute Gasteiger partial charge is 0.255 e. The van der Waals surface area contributed by atoms with Crippen LogP contribution in [0.15, 0.2) is 207 Å². The molecule has 0 fully saturated rings. The predicted molar refractivity (Wildman–Crippen MR) is 608 cm³/mol. The Morgan fingerprint density at radius 2 is 0.611 bits per heavy atom. The third-order valence-corrected chi connectivity index (χ3v) is 34.6. The zero-order chi connectivity index (χ0) is 108. The van der Waals surface area contributed by atoms with E-state index in [1.165, 1.54) is 173 Å². The first kappa shape index (κ1) is 91.3. The van der Waals surface area contributed by atoms with E-state index >= 15 is 0 Å². The Bertz CT molecular complexity index is 8610. The Labute approximate surface area is 864 Å². The molecule has 144 heavy (non-hydrogen) atoms. The van der Waals surface area contributed by atoms with Crippen LogP contribution in [0.5, 0.6) is 0 Å². The number of para-hydroxylation sites is 5. The van der Waals surface area contributed by atoms with E-state index in [4.69, 9.17) is 18.2 Å². The number of benzene rings is 10. The first-order valence-electron chi connectivity index (χ1n) is 56.3. The molecule has 0 spiro atoms. The maximum atomic E-state index is 8.57. The van der Waals surface area contributed by atoms with Gasteiger partial charge in [0.2, 0.25) is 0 Å². The van der Waals surface area contributed by atoms with Crippen molar-refractivity contribution in [3.8, 4) is 39.5 Å². The van der Waals surface area contributed by atoms with Crippen LogP contribution in [0.25, 0.3) is 150 Å². The summed E-state index contributed by atoms with van der Waals surface area (Å²) in [6.45, 7) is 62.6. The summed E-state index contributed by atoms with van der Waals surface area (Å²) in [4.78, 5) is 9.96. The summed E-state index contributed by atoms with van der Waals surface area (Å²) in [5, 5.41) is 7.35. The van der Waals surface area contributed by atoms with Crippen molar-refractivity contribution < 1.29 is 26.5 Å². The Hall–Kier alpha value is -12.6. The fourth-order valence-electron chi connectivity index (χ4n) is 26.1. The van der Waals surface area contributed by atoms with Crippen LogP contribution in [0.1, 0.15) is 280 Å². The molecular formula is C133H157N11+4. The number of nitrogens with zero attached hydrogens (tertiary/aromatic N) is 11. The molecule has 3 aliphatic rings. The molecule has 3 aliphatic heterocycles. The van der Waals surface area contributed by atoms with Gasteiger partial charge in [0, 0.05) is 97.3 Å². The topological polar surface area (TPSA) is 63.9 Å². The van der Waals surface area contributed by atoms with Gasteiger partial charge in [-0.25, -0.2) is 18.3 Å². The van der Waals surface area contributed by atoms with Gasteiger partial charge >= 0.3 is 5.78 Å². The predicted octanol–water partition coefficient (Wildman–Crippen LogP) is 30.9. The lowest BCUT2D eigenvalue weighted by Gasteiger charge is -2.43. The molecule has 0 saturated heterocycles.